The lowest BCUT2D eigenvalue weighted by Gasteiger charge is -2.30. The zero-order valence-corrected chi connectivity index (χ0v) is 9.75. The molecule has 1 saturated heterocycles. The summed E-state index contributed by atoms with van der Waals surface area (Å²) in [6.45, 7) is 4.64. The van der Waals surface area contributed by atoms with Crippen LogP contribution in [-0.4, -0.2) is 24.0 Å². The van der Waals surface area contributed by atoms with Gasteiger partial charge < -0.3 is 5.73 Å². The van der Waals surface area contributed by atoms with Crippen LogP contribution in [0.2, 0.25) is 0 Å². The molecule has 0 spiro atoms. The number of piperidine rings is 1. The molecule has 0 aromatic heterocycles. The van der Waals surface area contributed by atoms with Gasteiger partial charge in [-0.1, -0.05) is 12.1 Å². The van der Waals surface area contributed by atoms with Gasteiger partial charge in [0, 0.05) is 18.2 Å². The van der Waals surface area contributed by atoms with Crippen molar-refractivity contribution >= 4 is 0 Å². The van der Waals surface area contributed by atoms with E-state index in [9.17, 15) is 4.39 Å². The van der Waals surface area contributed by atoms with Crippen molar-refractivity contribution in [2.45, 2.75) is 32.4 Å². The second-order valence-corrected chi connectivity index (χ2v) is 4.65. The standard InChI is InChI=1S/C13H19FN2/c1-10-3-2-4-13(14)12(10)9-16-7-5-11(15)6-8-16/h2-4,11H,5-9,15H2,1H3. The fourth-order valence-corrected chi connectivity index (χ4v) is 2.20. The first kappa shape index (κ1) is 11.6. The highest BCUT2D eigenvalue weighted by molar-refractivity contribution is 5.27. The monoisotopic (exact) mass is 222 g/mol. The Morgan fingerprint density at radius 1 is 1.38 bits per heavy atom. The lowest BCUT2D eigenvalue weighted by molar-refractivity contribution is 0.203. The summed E-state index contributed by atoms with van der Waals surface area (Å²) in [7, 11) is 0. The van der Waals surface area contributed by atoms with Crippen LogP contribution in [0.25, 0.3) is 0 Å². The summed E-state index contributed by atoms with van der Waals surface area (Å²) in [4.78, 5) is 2.29. The second-order valence-electron chi connectivity index (χ2n) is 4.65. The molecule has 1 aliphatic heterocycles. The second kappa shape index (κ2) is 4.93. The van der Waals surface area contributed by atoms with Gasteiger partial charge in [0.25, 0.3) is 0 Å². The van der Waals surface area contributed by atoms with Gasteiger partial charge in [-0.2, -0.15) is 0 Å². The van der Waals surface area contributed by atoms with Crippen LogP contribution < -0.4 is 5.73 Å². The van der Waals surface area contributed by atoms with Crippen LogP contribution in [0.4, 0.5) is 4.39 Å². The van der Waals surface area contributed by atoms with Crippen LogP contribution in [-0.2, 0) is 6.54 Å². The first-order valence-electron chi connectivity index (χ1n) is 5.89. The van der Waals surface area contributed by atoms with E-state index in [1.54, 1.807) is 6.07 Å². The van der Waals surface area contributed by atoms with Gasteiger partial charge in [0.15, 0.2) is 0 Å². The Balaban J connectivity index is 2.04. The number of nitrogens with two attached hydrogens (primary N) is 1. The predicted octanol–water partition coefficient (Wildman–Crippen LogP) is 2.06. The molecule has 1 aromatic rings. The van der Waals surface area contributed by atoms with Crippen molar-refractivity contribution in [1.29, 1.82) is 0 Å². The van der Waals surface area contributed by atoms with E-state index in [1.807, 2.05) is 13.0 Å². The molecule has 1 heterocycles. The Bertz CT molecular complexity index is 337. The number of likely N-dealkylation sites (tertiary alicyclic amines) is 1. The highest BCUT2D eigenvalue weighted by atomic mass is 19.1. The highest BCUT2D eigenvalue weighted by Gasteiger charge is 2.17. The molecule has 0 aliphatic carbocycles. The molecule has 2 nitrogen and oxygen atoms in total. The first-order chi connectivity index (χ1) is 7.66. The molecule has 0 atom stereocenters. The minimum absolute atomic E-state index is 0.0881. The zero-order valence-electron chi connectivity index (χ0n) is 9.75. The predicted molar refractivity (Wildman–Crippen MR) is 63.6 cm³/mol. The highest BCUT2D eigenvalue weighted by Crippen LogP contribution is 2.17. The van der Waals surface area contributed by atoms with E-state index >= 15 is 0 Å². The van der Waals surface area contributed by atoms with Crippen LogP contribution in [0, 0.1) is 12.7 Å². The summed E-state index contributed by atoms with van der Waals surface area (Å²) in [6, 6.07) is 5.60. The Morgan fingerprint density at radius 2 is 2.06 bits per heavy atom. The minimum atomic E-state index is -0.0881. The third-order valence-electron chi connectivity index (χ3n) is 3.37. The van der Waals surface area contributed by atoms with Gasteiger partial charge in [-0.15, -0.1) is 0 Å². The molecule has 1 fully saturated rings. The summed E-state index contributed by atoms with van der Waals surface area (Å²) in [5.41, 5.74) is 7.72. The Kier molecular flexibility index (Phi) is 3.56. The third kappa shape index (κ3) is 2.60. The lowest BCUT2D eigenvalue weighted by Crippen LogP contribution is -2.39. The molecular weight excluding hydrogens is 203 g/mol. The van der Waals surface area contributed by atoms with Crippen molar-refractivity contribution in [3.8, 4) is 0 Å². The quantitative estimate of drug-likeness (QED) is 0.830. The molecule has 1 aliphatic rings. The van der Waals surface area contributed by atoms with Gasteiger partial charge in [-0.05, 0) is 44.5 Å². The largest absolute Gasteiger partial charge is 0.328 e. The first-order valence-corrected chi connectivity index (χ1v) is 5.89. The van der Waals surface area contributed by atoms with Gasteiger partial charge in [0.2, 0.25) is 0 Å². The smallest absolute Gasteiger partial charge is 0.127 e. The van der Waals surface area contributed by atoms with E-state index in [-0.39, 0.29) is 5.82 Å². The van der Waals surface area contributed by atoms with E-state index in [1.165, 1.54) is 6.07 Å². The number of halogens is 1. The van der Waals surface area contributed by atoms with E-state index in [2.05, 4.69) is 4.90 Å². The van der Waals surface area contributed by atoms with E-state index in [0.717, 1.165) is 37.1 Å². The van der Waals surface area contributed by atoms with Gasteiger partial charge in [0.05, 0.1) is 0 Å². The average Bonchev–Trinajstić information content (AvgIpc) is 2.26. The Morgan fingerprint density at radius 3 is 2.69 bits per heavy atom. The normalized spacial score (nSPS) is 18.9. The Hall–Kier alpha value is -0.930. The maximum absolute atomic E-state index is 13.6. The fourth-order valence-electron chi connectivity index (χ4n) is 2.20. The van der Waals surface area contributed by atoms with Crippen molar-refractivity contribution in [3.63, 3.8) is 0 Å². The van der Waals surface area contributed by atoms with E-state index in [4.69, 9.17) is 5.73 Å². The van der Waals surface area contributed by atoms with E-state index < -0.39 is 0 Å². The molecule has 88 valence electrons. The number of hydrogen-bond acceptors (Lipinski definition) is 2. The van der Waals surface area contributed by atoms with Crippen molar-refractivity contribution in [1.82, 2.24) is 4.90 Å². The average molecular weight is 222 g/mol. The van der Waals surface area contributed by atoms with Crippen molar-refractivity contribution in [2.75, 3.05) is 13.1 Å². The van der Waals surface area contributed by atoms with Crippen molar-refractivity contribution < 1.29 is 4.39 Å². The summed E-state index contributed by atoms with van der Waals surface area (Å²) in [6.07, 6.45) is 2.04. The molecule has 2 rings (SSSR count). The number of hydrogen-bond donors (Lipinski definition) is 1. The minimum Gasteiger partial charge on any atom is -0.328 e. The molecule has 0 unspecified atom stereocenters. The topological polar surface area (TPSA) is 29.3 Å². The zero-order chi connectivity index (χ0) is 11.5. The van der Waals surface area contributed by atoms with Gasteiger partial charge in [-0.25, -0.2) is 4.39 Å². The van der Waals surface area contributed by atoms with Crippen LogP contribution in [0.3, 0.4) is 0 Å². The molecule has 3 heteroatoms. The van der Waals surface area contributed by atoms with Crippen LogP contribution >= 0.6 is 0 Å². The molecule has 0 radical (unpaired) electrons. The molecular formula is C13H19FN2. The molecule has 2 N–H and O–H groups in total. The van der Waals surface area contributed by atoms with Gasteiger partial charge in [0.1, 0.15) is 5.82 Å². The third-order valence-corrected chi connectivity index (χ3v) is 3.37. The summed E-state index contributed by atoms with van der Waals surface area (Å²) in [5.74, 6) is -0.0881. The number of nitrogens with zero attached hydrogens (tertiary/aromatic N) is 1. The van der Waals surface area contributed by atoms with Crippen LogP contribution in [0.5, 0.6) is 0 Å². The van der Waals surface area contributed by atoms with Gasteiger partial charge >= 0.3 is 0 Å². The maximum atomic E-state index is 13.6. The molecule has 16 heavy (non-hydrogen) atoms. The van der Waals surface area contributed by atoms with Crippen LogP contribution in [0.1, 0.15) is 24.0 Å². The Labute approximate surface area is 96.2 Å². The van der Waals surface area contributed by atoms with Crippen molar-refractivity contribution in [2.24, 2.45) is 5.73 Å². The molecule has 0 saturated carbocycles. The number of rotatable bonds is 2. The van der Waals surface area contributed by atoms with Gasteiger partial charge in [-0.3, -0.25) is 4.90 Å². The summed E-state index contributed by atoms with van der Waals surface area (Å²) >= 11 is 0. The maximum Gasteiger partial charge on any atom is 0.127 e. The molecule has 1 aromatic carbocycles. The summed E-state index contributed by atoms with van der Waals surface area (Å²) in [5, 5.41) is 0. The summed E-state index contributed by atoms with van der Waals surface area (Å²) < 4.78 is 13.6. The molecule has 0 amide bonds. The number of aryl methyl sites for hydroxylation is 1. The number of benzene rings is 1. The lowest BCUT2D eigenvalue weighted by atomic mass is 10.0. The van der Waals surface area contributed by atoms with E-state index in [0.29, 0.717) is 12.6 Å². The van der Waals surface area contributed by atoms with Crippen molar-refractivity contribution in [3.05, 3.63) is 35.1 Å². The SMILES string of the molecule is Cc1cccc(F)c1CN1CCC(N)CC1. The molecule has 0 bridgehead atoms. The fraction of sp³-hybridized carbons (Fsp3) is 0.538. The van der Waals surface area contributed by atoms with Crippen LogP contribution in [0.15, 0.2) is 18.2 Å².